The molecule has 21 heavy (non-hydrogen) atoms. The normalized spacial score (nSPS) is 16.0. The van der Waals surface area contributed by atoms with E-state index in [4.69, 9.17) is 9.84 Å². The van der Waals surface area contributed by atoms with Gasteiger partial charge in [-0.2, -0.15) is 0 Å². The molecule has 2 rings (SSSR count). The van der Waals surface area contributed by atoms with E-state index in [2.05, 4.69) is 5.32 Å². The quantitative estimate of drug-likeness (QED) is 0.819. The molecule has 0 unspecified atom stereocenters. The van der Waals surface area contributed by atoms with Gasteiger partial charge >= 0.3 is 6.03 Å². The number of nitrogens with one attached hydrogen (secondary N) is 1. The van der Waals surface area contributed by atoms with E-state index in [-0.39, 0.29) is 18.7 Å². The van der Waals surface area contributed by atoms with Gasteiger partial charge in [0.25, 0.3) is 0 Å². The summed E-state index contributed by atoms with van der Waals surface area (Å²) in [4.78, 5) is 14.0. The molecule has 1 fully saturated rings. The highest BCUT2D eigenvalue weighted by Crippen LogP contribution is 2.16. The second-order valence-electron chi connectivity index (χ2n) is 5.43. The number of amides is 2. The zero-order valence-corrected chi connectivity index (χ0v) is 12.5. The number of aryl methyl sites for hydroxylation is 1. The maximum absolute atomic E-state index is 12.2. The number of carbonyl (C=O) groups is 1. The fourth-order valence-electron chi connectivity index (χ4n) is 2.38. The van der Waals surface area contributed by atoms with Crippen LogP contribution in [0.4, 0.5) is 10.5 Å². The first-order chi connectivity index (χ1) is 10.2. The third-order valence-electron chi connectivity index (χ3n) is 3.69. The van der Waals surface area contributed by atoms with E-state index >= 15 is 0 Å². The van der Waals surface area contributed by atoms with Crippen LogP contribution in [0.1, 0.15) is 24.8 Å². The SMILES string of the molecule is Cc1ccc(NC(=O)N2CCC(OCCCO)CC2)cc1. The number of likely N-dealkylation sites (tertiary alicyclic amines) is 1. The number of nitrogens with zero attached hydrogens (tertiary/aromatic N) is 1. The molecule has 116 valence electrons. The molecule has 0 atom stereocenters. The minimum absolute atomic E-state index is 0.0485. The molecule has 0 aliphatic carbocycles. The third kappa shape index (κ3) is 5.02. The van der Waals surface area contributed by atoms with Gasteiger partial charge in [0.05, 0.1) is 6.10 Å². The van der Waals surface area contributed by atoms with Crippen molar-refractivity contribution < 1.29 is 14.6 Å². The van der Waals surface area contributed by atoms with Gasteiger partial charge in [-0.1, -0.05) is 17.7 Å². The van der Waals surface area contributed by atoms with Crippen molar-refractivity contribution in [2.45, 2.75) is 32.3 Å². The van der Waals surface area contributed by atoms with Crippen LogP contribution in [0.2, 0.25) is 0 Å². The molecule has 1 aromatic carbocycles. The van der Waals surface area contributed by atoms with Crippen LogP contribution in [0.3, 0.4) is 0 Å². The summed E-state index contributed by atoms with van der Waals surface area (Å²) in [5, 5.41) is 11.6. The minimum Gasteiger partial charge on any atom is -0.396 e. The summed E-state index contributed by atoms with van der Waals surface area (Å²) >= 11 is 0. The van der Waals surface area contributed by atoms with E-state index in [0.717, 1.165) is 18.5 Å². The highest BCUT2D eigenvalue weighted by molar-refractivity contribution is 5.89. The van der Waals surface area contributed by atoms with Crippen LogP contribution in [0.5, 0.6) is 0 Å². The van der Waals surface area contributed by atoms with Crippen LogP contribution in [0, 0.1) is 6.92 Å². The van der Waals surface area contributed by atoms with Crippen molar-refractivity contribution in [3.8, 4) is 0 Å². The van der Waals surface area contributed by atoms with Crippen molar-refractivity contribution in [2.75, 3.05) is 31.6 Å². The van der Waals surface area contributed by atoms with Gasteiger partial charge < -0.3 is 20.1 Å². The molecule has 5 heteroatoms. The Morgan fingerprint density at radius 1 is 1.33 bits per heavy atom. The molecule has 1 aliphatic rings. The van der Waals surface area contributed by atoms with Crippen molar-refractivity contribution in [1.82, 2.24) is 4.90 Å². The van der Waals surface area contributed by atoms with E-state index in [1.54, 1.807) is 0 Å². The number of carbonyl (C=O) groups excluding carboxylic acids is 1. The van der Waals surface area contributed by atoms with E-state index < -0.39 is 0 Å². The maximum atomic E-state index is 12.2. The van der Waals surface area contributed by atoms with Crippen molar-refractivity contribution in [2.24, 2.45) is 0 Å². The van der Waals surface area contributed by atoms with Crippen LogP contribution in [-0.4, -0.2) is 48.4 Å². The Balaban J connectivity index is 1.74. The van der Waals surface area contributed by atoms with Crippen LogP contribution in [0.25, 0.3) is 0 Å². The van der Waals surface area contributed by atoms with Gasteiger partial charge in [-0.3, -0.25) is 0 Å². The Labute approximate surface area is 125 Å². The summed E-state index contributed by atoms with van der Waals surface area (Å²) < 4.78 is 5.66. The number of hydrogen-bond acceptors (Lipinski definition) is 3. The maximum Gasteiger partial charge on any atom is 0.321 e. The molecule has 1 aliphatic heterocycles. The average Bonchev–Trinajstić information content (AvgIpc) is 2.50. The molecule has 1 saturated heterocycles. The molecule has 2 N–H and O–H groups in total. The van der Waals surface area contributed by atoms with Crippen LogP contribution < -0.4 is 5.32 Å². The lowest BCUT2D eigenvalue weighted by Gasteiger charge is -2.32. The number of benzene rings is 1. The smallest absolute Gasteiger partial charge is 0.321 e. The fourth-order valence-corrected chi connectivity index (χ4v) is 2.38. The molecule has 0 aromatic heterocycles. The number of ether oxygens (including phenoxy) is 1. The molecule has 1 aromatic rings. The lowest BCUT2D eigenvalue weighted by Crippen LogP contribution is -2.43. The van der Waals surface area contributed by atoms with Gasteiger partial charge in [-0.15, -0.1) is 0 Å². The Hall–Kier alpha value is -1.59. The molecule has 0 saturated carbocycles. The molecule has 2 amide bonds. The summed E-state index contributed by atoms with van der Waals surface area (Å²) in [5.41, 5.74) is 2.00. The van der Waals surface area contributed by atoms with Gasteiger partial charge in [-0.05, 0) is 38.3 Å². The molecule has 0 spiro atoms. The fraction of sp³-hybridized carbons (Fsp3) is 0.562. The summed E-state index contributed by atoms with van der Waals surface area (Å²) in [7, 11) is 0. The molecular formula is C16H24N2O3. The summed E-state index contributed by atoms with van der Waals surface area (Å²) in [5.74, 6) is 0. The highest BCUT2D eigenvalue weighted by atomic mass is 16.5. The van der Waals surface area contributed by atoms with Crippen LogP contribution in [-0.2, 0) is 4.74 Å². The number of urea groups is 1. The van der Waals surface area contributed by atoms with Crippen molar-refractivity contribution in [3.63, 3.8) is 0 Å². The Kier molecular flexibility index (Phi) is 6.02. The van der Waals surface area contributed by atoms with E-state index in [1.165, 1.54) is 5.56 Å². The topological polar surface area (TPSA) is 61.8 Å². The van der Waals surface area contributed by atoms with Crippen LogP contribution >= 0.6 is 0 Å². The number of hydrogen-bond donors (Lipinski definition) is 2. The van der Waals surface area contributed by atoms with E-state index in [1.807, 2.05) is 36.1 Å². The van der Waals surface area contributed by atoms with Gasteiger partial charge in [0.1, 0.15) is 0 Å². The molecule has 0 bridgehead atoms. The van der Waals surface area contributed by atoms with Crippen LogP contribution in [0.15, 0.2) is 24.3 Å². The zero-order chi connectivity index (χ0) is 15.1. The zero-order valence-electron chi connectivity index (χ0n) is 12.5. The predicted octanol–water partition coefficient (Wildman–Crippen LogP) is 2.39. The van der Waals surface area contributed by atoms with E-state index in [0.29, 0.717) is 26.1 Å². The lowest BCUT2D eigenvalue weighted by atomic mass is 10.1. The number of aliphatic hydroxyl groups is 1. The lowest BCUT2D eigenvalue weighted by molar-refractivity contribution is 0.0101. The number of aliphatic hydroxyl groups excluding tert-OH is 1. The minimum atomic E-state index is -0.0485. The standard InChI is InChI=1S/C16H24N2O3/c1-13-3-5-14(6-4-13)17-16(20)18-9-7-15(8-10-18)21-12-2-11-19/h3-6,15,19H,2,7-12H2,1H3,(H,17,20). The number of piperidine rings is 1. The number of anilines is 1. The second kappa shape index (κ2) is 8.00. The highest BCUT2D eigenvalue weighted by Gasteiger charge is 2.23. The number of rotatable bonds is 5. The average molecular weight is 292 g/mol. The Morgan fingerprint density at radius 3 is 2.62 bits per heavy atom. The first-order valence-electron chi connectivity index (χ1n) is 7.54. The second-order valence-corrected chi connectivity index (χ2v) is 5.43. The van der Waals surface area contributed by atoms with Gasteiger partial charge in [0.15, 0.2) is 0 Å². The monoisotopic (exact) mass is 292 g/mol. The Morgan fingerprint density at radius 2 is 2.00 bits per heavy atom. The molecular weight excluding hydrogens is 268 g/mol. The van der Waals surface area contributed by atoms with Crippen molar-refractivity contribution in [1.29, 1.82) is 0 Å². The predicted molar refractivity (Wildman–Crippen MR) is 82.4 cm³/mol. The van der Waals surface area contributed by atoms with Gasteiger partial charge in [-0.25, -0.2) is 4.79 Å². The third-order valence-corrected chi connectivity index (χ3v) is 3.69. The first kappa shape index (κ1) is 15.8. The van der Waals surface area contributed by atoms with Gasteiger partial charge in [0.2, 0.25) is 0 Å². The molecule has 1 heterocycles. The van der Waals surface area contributed by atoms with Gasteiger partial charge in [0, 0.05) is 32.0 Å². The Bertz CT molecular complexity index is 439. The largest absolute Gasteiger partial charge is 0.396 e. The summed E-state index contributed by atoms with van der Waals surface area (Å²) in [6.45, 7) is 4.20. The first-order valence-corrected chi connectivity index (χ1v) is 7.54. The molecule has 0 radical (unpaired) electrons. The van der Waals surface area contributed by atoms with E-state index in [9.17, 15) is 4.79 Å². The summed E-state index contributed by atoms with van der Waals surface area (Å²) in [6, 6.07) is 7.75. The van der Waals surface area contributed by atoms with Crippen molar-refractivity contribution in [3.05, 3.63) is 29.8 Å². The summed E-state index contributed by atoms with van der Waals surface area (Å²) in [6.07, 6.45) is 2.59. The van der Waals surface area contributed by atoms with Crippen molar-refractivity contribution >= 4 is 11.7 Å². The molecule has 5 nitrogen and oxygen atoms in total.